The number of hydrogen-bond donors (Lipinski definition) is 1. The SMILES string of the molecule is CCC(C)NCC(=O)N1CCN(c2ccc(-c3ccc(OC)cc3OC)nn2)CC1. The van der Waals surface area contributed by atoms with Gasteiger partial charge in [-0.05, 0) is 37.6 Å². The Bertz CT molecular complexity index is 835. The van der Waals surface area contributed by atoms with Gasteiger partial charge in [0.1, 0.15) is 11.5 Å². The Hall–Kier alpha value is -2.87. The van der Waals surface area contributed by atoms with Crippen molar-refractivity contribution >= 4 is 11.7 Å². The van der Waals surface area contributed by atoms with Gasteiger partial charge in [-0.1, -0.05) is 6.92 Å². The number of nitrogens with zero attached hydrogens (tertiary/aromatic N) is 4. The Morgan fingerprint density at radius 2 is 1.87 bits per heavy atom. The smallest absolute Gasteiger partial charge is 0.236 e. The number of rotatable bonds is 8. The zero-order valence-corrected chi connectivity index (χ0v) is 18.2. The molecule has 8 heteroatoms. The summed E-state index contributed by atoms with van der Waals surface area (Å²) in [5, 5.41) is 12.1. The van der Waals surface area contributed by atoms with E-state index in [0.717, 1.165) is 42.3 Å². The number of methoxy groups -OCH3 is 2. The Labute approximate surface area is 178 Å². The van der Waals surface area contributed by atoms with Crippen molar-refractivity contribution in [3.63, 3.8) is 0 Å². The zero-order valence-electron chi connectivity index (χ0n) is 18.2. The molecule has 1 unspecified atom stereocenters. The van der Waals surface area contributed by atoms with Gasteiger partial charge in [0.2, 0.25) is 5.91 Å². The van der Waals surface area contributed by atoms with E-state index in [1.54, 1.807) is 14.2 Å². The van der Waals surface area contributed by atoms with Crippen molar-refractivity contribution in [2.24, 2.45) is 0 Å². The summed E-state index contributed by atoms with van der Waals surface area (Å²) in [6.07, 6.45) is 1.01. The third-order valence-corrected chi connectivity index (χ3v) is 5.51. The first-order chi connectivity index (χ1) is 14.5. The lowest BCUT2D eigenvalue weighted by atomic mass is 10.1. The Morgan fingerprint density at radius 3 is 2.47 bits per heavy atom. The van der Waals surface area contributed by atoms with E-state index in [1.165, 1.54) is 0 Å². The molecule has 1 fully saturated rings. The fourth-order valence-corrected chi connectivity index (χ4v) is 3.35. The standard InChI is InChI=1S/C22H31N5O3/c1-5-16(2)23-15-22(28)27-12-10-26(11-13-27)21-9-8-19(24-25-21)18-7-6-17(29-3)14-20(18)30-4/h6-9,14,16,23H,5,10-13,15H2,1-4H3. The van der Waals surface area contributed by atoms with Gasteiger partial charge in [-0.3, -0.25) is 4.79 Å². The average Bonchev–Trinajstić information content (AvgIpc) is 2.82. The van der Waals surface area contributed by atoms with Gasteiger partial charge in [0.15, 0.2) is 5.82 Å². The molecule has 0 radical (unpaired) electrons. The van der Waals surface area contributed by atoms with Gasteiger partial charge in [-0.15, -0.1) is 10.2 Å². The van der Waals surface area contributed by atoms with Crippen LogP contribution in [0.15, 0.2) is 30.3 Å². The maximum Gasteiger partial charge on any atom is 0.236 e. The number of nitrogens with one attached hydrogen (secondary N) is 1. The molecule has 3 rings (SSSR count). The molecule has 1 N–H and O–H groups in total. The molecule has 30 heavy (non-hydrogen) atoms. The third kappa shape index (κ3) is 5.18. The molecule has 2 heterocycles. The highest BCUT2D eigenvalue weighted by molar-refractivity contribution is 5.78. The first kappa shape index (κ1) is 21.8. The summed E-state index contributed by atoms with van der Waals surface area (Å²) in [6.45, 7) is 7.47. The van der Waals surface area contributed by atoms with Gasteiger partial charge < -0.3 is 24.6 Å². The highest BCUT2D eigenvalue weighted by Crippen LogP contribution is 2.32. The van der Waals surface area contributed by atoms with Crippen molar-refractivity contribution < 1.29 is 14.3 Å². The molecule has 0 bridgehead atoms. The Morgan fingerprint density at radius 1 is 1.10 bits per heavy atom. The van der Waals surface area contributed by atoms with Gasteiger partial charge in [0.05, 0.1) is 26.5 Å². The van der Waals surface area contributed by atoms with Crippen LogP contribution >= 0.6 is 0 Å². The van der Waals surface area contributed by atoms with Crippen molar-refractivity contribution in [2.75, 3.05) is 51.8 Å². The van der Waals surface area contributed by atoms with Crippen LogP contribution < -0.4 is 19.7 Å². The number of amides is 1. The van der Waals surface area contributed by atoms with Crippen LogP contribution in [0.2, 0.25) is 0 Å². The topological polar surface area (TPSA) is 79.8 Å². The summed E-state index contributed by atoms with van der Waals surface area (Å²) in [7, 11) is 3.25. The fraction of sp³-hybridized carbons (Fsp3) is 0.500. The van der Waals surface area contributed by atoms with E-state index in [0.29, 0.717) is 31.4 Å². The van der Waals surface area contributed by atoms with E-state index in [1.807, 2.05) is 35.2 Å². The van der Waals surface area contributed by atoms with E-state index in [2.05, 4.69) is 34.3 Å². The van der Waals surface area contributed by atoms with E-state index >= 15 is 0 Å². The van der Waals surface area contributed by atoms with Crippen molar-refractivity contribution in [3.05, 3.63) is 30.3 Å². The van der Waals surface area contributed by atoms with E-state index < -0.39 is 0 Å². The Balaban J connectivity index is 1.60. The van der Waals surface area contributed by atoms with Crippen LogP contribution in [0.3, 0.4) is 0 Å². The number of anilines is 1. The molecule has 0 aliphatic carbocycles. The highest BCUT2D eigenvalue weighted by atomic mass is 16.5. The molecule has 1 aliphatic rings. The molecule has 1 atom stereocenters. The van der Waals surface area contributed by atoms with E-state index in [4.69, 9.17) is 9.47 Å². The second-order valence-electron chi connectivity index (χ2n) is 7.40. The minimum Gasteiger partial charge on any atom is -0.497 e. The van der Waals surface area contributed by atoms with Crippen LogP contribution in [0.4, 0.5) is 5.82 Å². The zero-order chi connectivity index (χ0) is 21.5. The lowest BCUT2D eigenvalue weighted by Crippen LogP contribution is -2.51. The average molecular weight is 414 g/mol. The van der Waals surface area contributed by atoms with Crippen LogP contribution in [0.25, 0.3) is 11.3 Å². The maximum absolute atomic E-state index is 12.4. The number of carbonyl (C=O) groups excluding carboxylic acids is 1. The van der Waals surface area contributed by atoms with Crippen molar-refractivity contribution in [1.29, 1.82) is 0 Å². The summed E-state index contributed by atoms with van der Waals surface area (Å²) in [4.78, 5) is 16.4. The summed E-state index contributed by atoms with van der Waals surface area (Å²) in [5.41, 5.74) is 1.60. The number of hydrogen-bond acceptors (Lipinski definition) is 7. The van der Waals surface area contributed by atoms with Crippen LogP contribution in [-0.2, 0) is 4.79 Å². The molecule has 1 amide bonds. The first-order valence-electron chi connectivity index (χ1n) is 10.4. The molecule has 1 aromatic heterocycles. The van der Waals surface area contributed by atoms with Gasteiger partial charge in [-0.2, -0.15) is 0 Å². The van der Waals surface area contributed by atoms with Crippen LogP contribution in [0.1, 0.15) is 20.3 Å². The highest BCUT2D eigenvalue weighted by Gasteiger charge is 2.22. The summed E-state index contributed by atoms with van der Waals surface area (Å²) < 4.78 is 10.7. The van der Waals surface area contributed by atoms with Crippen molar-refractivity contribution in [1.82, 2.24) is 20.4 Å². The Kier molecular flexibility index (Phi) is 7.46. The minimum atomic E-state index is 0.156. The summed E-state index contributed by atoms with van der Waals surface area (Å²) >= 11 is 0. The van der Waals surface area contributed by atoms with Gasteiger partial charge in [0, 0.05) is 43.9 Å². The van der Waals surface area contributed by atoms with Crippen molar-refractivity contribution in [3.8, 4) is 22.8 Å². The largest absolute Gasteiger partial charge is 0.497 e. The molecule has 0 saturated carbocycles. The maximum atomic E-state index is 12.4. The number of benzene rings is 1. The lowest BCUT2D eigenvalue weighted by Gasteiger charge is -2.35. The van der Waals surface area contributed by atoms with Crippen LogP contribution in [0, 0.1) is 0 Å². The van der Waals surface area contributed by atoms with E-state index in [9.17, 15) is 4.79 Å². The molecule has 1 saturated heterocycles. The van der Waals surface area contributed by atoms with Gasteiger partial charge in [-0.25, -0.2) is 0 Å². The molecular formula is C22H31N5O3. The molecule has 8 nitrogen and oxygen atoms in total. The normalized spacial score (nSPS) is 15.1. The second kappa shape index (κ2) is 10.2. The molecular weight excluding hydrogens is 382 g/mol. The third-order valence-electron chi connectivity index (χ3n) is 5.51. The van der Waals surface area contributed by atoms with Crippen LogP contribution in [0.5, 0.6) is 11.5 Å². The molecule has 1 aromatic carbocycles. The minimum absolute atomic E-state index is 0.156. The number of carbonyl (C=O) groups is 1. The number of aromatic nitrogens is 2. The quantitative estimate of drug-likeness (QED) is 0.711. The molecule has 0 spiro atoms. The second-order valence-corrected chi connectivity index (χ2v) is 7.40. The fourth-order valence-electron chi connectivity index (χ4n) is 3.35. The molecule has 2 aromatic rings. The lowest BCUT2D eigenvalue weighted by molar-refractivity contribution is -0.130. The number of piperazine rings is 1. The number of ether oxygens (including phenoxy) is 2. The summed E-state index contributed by atoms with van der Waals surface area (Å²) in [6, 6.07) is 9.89. The molecule has 1 aliphatic heterocycles. The van der Waals surface area contributed by atoms with E-state index in [-0.39, 0.29) is 5.91 Å². The monoisotopic (exact) mass is 413 g/mol. The van der Waals surface area contributed by atoms with Gasteiger partial charge in [0.25, 0.3) is 0 Å². The van der Waals surface area contributed by atoms with Gasteiger partial charge >= 0.3 is 0 Å². The van der Waals surface area contributed by atoms with Crippen molar-refractivity contribution in [2.45, 2.75) is 26.3 Å². The predicted octanol–water partition coefficient (Wildman–Crippen LogP) is 2.20. The first-order valence-corrected chi connectivity index (χ1v) is 10.4. The van der Waals surface area contributed by atoms with Crippen LogP contribution in [-0.4, -0.2) is 74.0 Å². The summed E-state index contributed by atoms with van der Waals surface area (Å²) in [5.74, 6) is 2.39. The predicted molar refractivity (Wildman–Crippen MR) is 117 cm³/mol. The molecule has 162 valence electrons.